The van der Waals surface area contributed by atoms with E-state index in [1.807, 2.05) is 0 Å². The first-order chi connectivity index (χ1) is 12.4. The maximum absolute atomic E-state index is 12.8. The molecule has 3 rings (SSSR count). The van der Waals surface area contributed by atoms with E-state index in [-0.39, 0.29) is 6.04 Å². The van der Waals surface area contributed by atoms with Crippen molar-refractivity contribution in [3.63, 3.8) is 0 Å². The third-order valence-corrected chi connectivity index (χ3v) is 5.70. The summed E-state index contributed by atoms with van der Waals surface area (Å²) in [6.45, 7) is 5.05. The fourth-order valence-corrected chi connectivity index (χ4v) is 4.50. The molecule has 1 aromatic heterocycles. The van der Waals surface area contributed by atoms with Gasteiger partial charge in [-0.05, 0) is 61.9 Å². The Morgan fingerprint density at radius 2 is 1.85 bits per heavy atom. The van der Waals surface area contributed by atoms with E-state index in [2.05, 4.69) is 43.4 Å². The minimum atomic E-state index is -4.28. The largest absolute Gasteiger partial charge is 0.416 e. The quantitative estimate of drug-likeness (QED) is 0.483. The first-order valence-electron chi connectivity index (χ1n) is 8.74. The summed E-state index contributed by atoms with van der Waals surface area (Å²) in [7, 11) is 0. The van der Waals surface area contributed by atoms with Gasteiger partial charge in [0.1, 0.15) is 0 Å². The summed E-state index contributed by atoms with van der Waals surface area (Å²) in [5.41, 5.74) is 1.48. The standard InChI is InChI=1S/C21H22F3NS/c1-14(20-15(2)26-19-11-4-3-10-18(19)20)25-12-6-8-16-7-5-9-17(13-16)21(22,23)24/h3-5,7,9-11,13-14,25H,6,8,12H2,1-2H3. The van der Waals surface area contributed by atoms with Gasteiger partial charge in [-0.3, -0.25) is 0 Å². The molecule has 3 aromatic rings. The molecular formula is C21H22F3NS. The molecule has 0 aliphatic rings. The normalized spacial score (nSPS) is 13.3. The van der Waals surface area contributed by atoms with Gasteiger partial charge < -0.3 is 5.32 Å². The summed E-state index contributed by atoms with van der Waals surface area (Å²) in [6, 6.07) is 14.2. The first-order valence-corrected chi connectivity index (χ1v) is 9.55. The summed E-state index contributed by atoms with van der Waals surface area (Å²) in [5, 5.41) is 4.80. The Morgan fingerprint density at radius 1 is 1.08 bits per heavy atom. The van der Waals surface area contributed by atoms with E-state index in [0.717, 1.165) is 24.6 Å². The van der Waals surface area contributed by atoms with Crippen LogP contribution in [0.4, 0.5) is 13.2 Å². The topological polar surface area (TPSA) is 12.0 Å². The van der Waals surface area contributed by atoms with Gasteiger partial charge in [0.05, 0.1) is 5.56 Å². The van der Waals surface area contributed by atoms with Crippen molar-refractivity contribution in [2.45, 2.75) is 38.9 Å². The van der Waals surface area contributed by atoms with Gasteiger partial charge >= 0.3 is 6.18 Å². The van der Waals surface area contributed by atoms with E-state index in [1.165, 1.54) is 32.7 Å². The number of rotatable bonds is 6. The Morgan fingerprint density at radius 3 is 2.62 bits per heavy atom. The van der Waals surface area contributed by atoms with Crippen LogP contribution < -0.4 is 5.32 Å². The Kier molecular flexibility index (Phi) is 5.68. The summed E-state index contributed by atoms with van der Waals surface area (Å²) in [6.07, 6.45) is -2.85. The van der Waals surface area contributed by atoms with Gasteiger partial charge in [0.2, 0.25) is 0 Å². The van der Waals surface area contributed by atoms with E-state index >= 15 is 0 Å². The molecule has 0 aliphatic carbocycles. The molecule has 1 nitrogen and oxygen atoms in total. The van der Waals surface area contributed by atoms with Crippen molar-refractivity contribution in [2.24, 2.45) is 0 Å². The predicted molar refractivity (Wildman–Crippen MR) is 103 cm³/mol. The van der Waals surface area contributed by atoms with Gasteiger partial charge in [-0.1, -0.05) is 36.4 Å². The van der Waals surface area contributed by atoms with Crippen molar-refractivity contribution in [3.8, 4) is 0 Å². The van der Waals surface area contributed by atoms with Crippen LogP contribution >= 0.6 is 11.3 Å². The van der Waals surface area contributed by atoms with Crippen molar-refractivity contribution in [1.82, 2.24) is 5.32 Å². The van der Waals surface area contributed by atoms with Crippen LogP contribution in [0.1, 0.15) is 41.0 Å². The number of halogens is 3. The Bertz CT molecular complexity index is 882. The molecule has 138 valence electrons. The summed E-state index contributed by atoms with van der Waals surface area (Å²) in [5.74, 6) is 0. The molecule has 0 saturated heterocycles. The zero-order valence-corrected chi connectivity index (χ0v) is 15.7. The molecule has 0 radical (unpaired) electrons. The van der Waals surface area contributed by atoms with Gasteiger partial charge in [0, 0.05) is 15.6 Å². The van der Waals surface area contributed by atoms with Crippen LogP contribution in [-0.4, -0.2) is 6.54 Å². The molecule has 0 amide bonds. The van der Waals surface area contributed by atoms with Crippen molar-refractivity contribution in [3.05, 3.63) is 70.1 Å². The number of fused-ring (bicyclic) bond motifs is 1. The third kappa shape index (κ3) is 4.27. The fraction of sp³-hybridized carbons (Fsp3) is 0.333. The van der Waals surface area contributed by atoms with Crippen LogP contribution in [-0.2, 0) is 12.6 Å². The minimum absolute atomic E-state index is 0.215. The molecule has 0 fully saturated rings. The molecule has 1 atom stereocenters. The smallest absolute Gasteiger partial charge is 0.310 e. The highest BCUT2D eigenvalue weighted by Crippen LogP contribution is 2.34. The maximum Gasteiger partial charge on any atom is 0.416 e. The number of hydrogen-bond acceptors (Lipinski definition) is 2. The van der Waals surface area contributed by atoms with Crippen molar-refractivity contribution in [2.75, 3.05) is 6.54 Å². The molecule has 0 aliphatic heterocycles. The molecule has 26 heavy (non-hydrogen) atoms. The Labute approximate surface area is 155 Å². The number of benzene rings is 2. The second kappa shape index (κ2) is 7.80. The highest BCUT2D eigenvalue weighted by molar-refractivity contribution is 7.19. The second-order valence-corrected chi connectivity index (χ2v) is 7.80. The van der Waals surface area contributed by atoms with E-state index in [1.54, 1.807) is 17.4 Å². The molecule has 1 heterocycles. The Balaban J connectivity index is 1.57. The average Bonchev–Trinajstić information content (AvgIpc) is 2.94. The van der Waals surface area contributed by atoms with Gasteiger partial charge in [-0.15, -0.1) is 11.3 Å². The number of nitrogens with one attached hydrogen (secondary N) is 1. The van der Waals surface area contributed by atoms with Crippen LogP contribution in [0, 0.1) is 6.92 Å². The summed E-state index contributed by atoms with van der Waals surface area (Å²) in [4.78, 5) is 1.31. The second-order valence-electron chi connectivity index (χ2n) is 6.55. The number of hydrogen-bond donors (Lipinski definition) is 1. The minimum Gasteiger partial charge on any atom is -0.310 e. The third-order valence-electron chi connectivity index (χ3n) is 4.60. The number of alkyl halides is 3. The average molecular weight is 377 g/mol. The van der Waals surface area contributed by atoms with Crippen LogP contribution in [0.5, 0.6) is 0 Å². The van der Waals surface area contributed by atoms with E-state index < -0.39 is 11.7 Å². The lowest BCUT2D eigenvalue weighted by Crippen LogP contribution is -2.20. The van der Waals surface area contributed by atoms with Crippen LogP contribution in [0.15, 0.2) is 48.5 Å². The zero-order chi connectivity index (χ0) is 18.7. The molecule has 2 aromatic carbocycles. The van der Waals surface area contributed by atoms with E-state index in [4.69, 9.17) is 0 Å². The van der Waals surface area contributed by atoms with Crippen LogP contribution in [0.3, 0.4) is 0 Å². The number of thiophene rings is 1. The zero-order valence-electron chi connectivity index (χ0n) is 14.9. The summed E-state index contributed by atoms with van der Waals surface area (Å²) >= 11 is 1.80. The van der Waals surface area contributed by atoms with Crippen LogP contribution in [0.25, 0.3) is 10.1 Å². The molecule has 1 unspecified atom stereocenters. The molecule has 1 N–H and O–H groups in total. The van der Waals surface area contributed by atoms with Crippen LogP contribution in [0.2, 0.25) is 0 Å². The molecule has 5 heteroatoms. The Hall–Kier alpha value is -1.85. The molecule has 0 spiro atoms. The van der Waals surface area contributed by atoms with E-state index in [0.29, 0.717) is 6.42 Å². The first kappa shape index (κ1) is 18.9. The highest BCUT2D eigenvalue weighted by atomic mass is 32.1. The van der Waals surface area contributed by atoms with Gasteiger partial charge in [0.25, 0.3) is 0 Å². The fourth-order valence-electron chi connectivity index (χ4n) is 3.34. The van der Waals surface area contributed by atoms with Crippen molar-refractivity contribution in [1.29, 1.82) is 0 Å². The summed E-state index contributed by atoms with van der Waals surface area (Å²) < 4.78 is 39.6. The number of aryl methyl sites for hydroxylation is 2. The van der Waals surface area contributed by atoms with E-state index in [9.17, 15) is 13.2 Å². The predicted octanol–water partition coefficient (Wildman–Crippen LogP) is 6.51. The van der Waals surface area contributed by atoms with Crippen molar-refractivity contribution < 1.29 is 13.2 Å². The molecule has 0 bridgehead atoms. The lowest BCUT2D eigenvalue weighted by atomic mass is 10.0. The SMILES string of the molecule is Cc1sc2ccccc2c1C(C)NCCCc1cccc(C(F)(F)F)c1. The lowest BCUT2D eigenvalue weighted by molar-refractivity contribution is -0.137. The van der Waals surface area contributed by atoms with Gasteiger partial charge in [0.15, 0.2) is 0 Å². The van der Waals surface area contributed by atoms with Gasteiger partial charge in [-0.2, -0.15) is 13.2 Å². The van der Waals surface area contributed by atoms with Gasteiger partial charge in [-0.25, -0.2) is 0 Å². The lowest BCUT2D eigenvalue weighted by Gasteiger charge is -2.15. The highest BCUT2D eigenvalue weighted by Gasteiger charge is 2.30. The van der Waals surface area contributed by atoms with Crippen molar-refractivity contribution >= 4 is 21.4 Å². The molecule has 0 saturated carbocycles. The maximum atomic E-state index is 12.8. The monoisotopic (exact) mass is 377 g/mol. The molecular weight excluding hydrogens is 355 g/mol.